The van der Waals surface area contributed by atoms with Gasteiger partial charge in [-0.1, -0.05) is 30.3 Å². The summed E-state index contributed by atoms with van der Waals surface area (Å²) in [5.41, 5.74) is 6.16. The number of nitrogens with zero attached hydrogens (tertiary/aromatic N) is 2. The van der Waals surface area contributed by atoms with Gasteiger partial charge in [-0.25, -0.2) is 0 Å². The van der Waals surface area contributed by atoms with Crippen molar-refractivity contribution in [3.8, 4) is 6.07 Å². The van der Waals surface area contributed by atoms with Gasteiger partial charge in [-0.05, 0) is 12.6 Å². The van der Waals surface area contributed by atoms with Crippen LogP contribution in [0.5, 0.6) is 0 Å². The highest BCUT2D eigenvalue weighted by Crippen LogP contribution is 2.21. The van der Waals surface area contributed by atoms with Gasteiger partial charge in [0.05, 0.1) is 19.0 Å². The Morgan fingerprint density at radius 2 is 2.12 bits per heavy atom. The van der Waals surface area contributed by atoms with Crippen molar-refractivity contribution in [2.75, 3.05) is 13.6 Å². The third-order valence-electron chi connectivity index (χ3n) is 2.41. The van der Waals surface area contributed by atoms with Crippen molar-refractivity contribution >= 4 is 5.91 Å². The zero-order chi connectivity index (χ0) is 12.0. The number of carbonyl (C=O) groups is 1. The van der Waals surface area contributed by atoms with Crippen molar-refractivity contribution in [3.63, 3.8) is 0 Å². The summed E-state index contributed by atoms with van der Waals surface area (Å²) in [5, 5.41) is 8.79. The zero-order valence-corrected chi connectivity index (χ0v) is 9.26. The normalized spacial score (nSPS) is 12.1. The van der Waals surface area contributed by atoms with Gasteiger partial charge >= 0.3 is 0 Å². The van der Waals surface area contributed by atoms with E-state index in [4.69, 9.17) is 11.0 Å². The average Bonchev–Trinajstić information content (AvgIpc) is 2.26. The molecule has 0 aliphatic heterocycles. The van der Waals surface area contributed by atoms with Crippen LogP contribution in [0.15, 0.2) is 30.3 Å². The summed E-state index contributed by atoms with van der Waals surface area (Å²) in [5.74, 6) is -0.388. The molecule has 1 aromatic carbocycles. The van der Waals surface area contributed by atoms with Gasteiger partial charge in [-0.2, -0.15) is 5.26 Å². The second kappa shape index (κ2) is 5.89. The smallest absolute Gasteiger partial charge is 0.231 e. The van der Waals surface area contributed by atoms with Crippen LogP contribution in [0.1, 0.15) is 18.0 Å². The summed E-state index contributed by atoms with van der Waals surface area (Å²) >= 11 is 0. The van der Waals surface area contributed by atoms with Crippen LogP contribution in [-0.2, 0) is 4.79 Å². The second-order valence-electron chi connectivity index (χ2n) is 3.67. The number of rotatable bonds is 5. The number of nitriles is 1. The van der Waals surface area contributed by atoms with Crippen LogP contribution < -0.4 is 5.73 Å². The molecule has 0 aliphatic carbocycles. The van der Waals surface area contributed by atoms with E-state index in [9.17, 15) is 4.79 Å². The monoisotopic (exact) mass is 217 g/mol. The van der Waals surface area contributed by atoms with Crippen LogP contribution in [0, 0.1) is 11.3 Å². The van der Waals surface area contributed by atoms with Crippen LogP contribution in [0.3, 0.4) is 0 Å². The first-order chi connectivity index (χ1) is 7.65. The maximum Gasteiger partial charge on any atom is 0.231 e. The van der Waals surface area contributed by atoms with Gasteiger partial charge in [-0.3, -0.25) is 9.69 Å². The van der Waals surface area contributed by atoms with Gasteiger partial charge < -0.3 is 5.73 Å². The number of benzene rings is 1. The largest absolute Gasteiger partial charge is 0.369 e. The lowest BCUT2D eigenvalue weighted by Crippen LogP contribution is -2.33. The van der Waals surface area contributed by atoms with E-state index in [0.29, 0.717) is 6.42 Å². The van der Waals surface area contributed by atoms with Gasteiger partial charge in [0, 0.05) is 6.04 Å². The number of carbonyl (C=O) groups excluding carboxylic acids is 1. The van der Waals surface area contributed by atoms with Gasteiger partial charge in [0.15, 0.2) is 0 Å². The van der Waals surface area contributed by atoms with Crippen LogP contribution in [0.2, 0.25) is 0 Å². The Hall–Kier alpha value is -1.86. The molecule has 0 saturated heterocycles. The first-order valence-corrected chi connectivity index (χ1v) is 5.05. The van der Waals surface area contributed by atoms with Crippen LogP contribution in [-0.4, -0.2) is 24.4 Å². The van der Waals surface area contributed by atoms with Crippen molar-refractivity contribution in [1.82, 2.24) is 4.90 Å². The van der Waals surface area contributed by atoms with E-state index in [1.807, 2.05) is 30.3 Å². The van der Waals surface area contributed by atoms with E-state index < -0.39 is 0 Å². The lowest BCUT2D eigenvalue weighted by Gasteiger charge is -2.25. The molecular weight excluding hydrogens is 202 g/mol. The number of hydrogen-bond donors (Lipinski definition) is 1. The van der Waals surface area contributed by atoms with Crippen LogP contribution in [0.25, 0.3) is 0 Å². The summed E-state index contributed by atoms with van der Waals surface area (Å²) in [6, 6.07) is 11.7. The van der Waals surface area contributed by atoms with Crippen molar-refractivity contribution in [2.45, 2.75) is 12.5 Å². The minimum atomic E-state index is -0.388. The average molecular weight is 217 g/mol. The zero-order valence-electron chi connectivity index (χ0n) is 9.26. The van der Waals surface area contributed by atoms with Gasteiger partial charge in [0.1, 0.15) is 0 Å². The fraction of sp³-hybridized carbons (Fsp3) is 0.333. The topological polar surface area (TPSA) is 70.1 Å². The Bertz CT molecular complexity index is 383. The Kier molecular flexibility index (Phi) is 4.49. The van der Waals surface area contributed by atoms with Gasteiger partial charge in [0.2, 0.25) is 5.91 Å². The van der Waals surface area contributed by atoms with E-state index in [1.54, 1.807) is 11.9 Å². The molecule has 0 bridgehead atoms. The molecule has 0 saturated carbocycles. The molecule has 1 rings (SSSR count). The Morgan fingerprint density at radius 3 is 2.62 bits per heavy atom. The van der Waals surface area contributed by atoms with Gasteiger partial charge in [0.25, 0.3) is 0 Å². The summed E-state index contributed by atoms with van der Waals surface area (Å²) < 4.78 is 0. The molecule has 0 aliphatic rings. The molecule has 16 heavy (non-hydrogen) atoms. The summed E-state index contributed by atoms with van der Waals surface area (Å²) in [7, 11) is 1.79. The van der Waals surface area contributed by atoms with Crippen LogP contribution in [0.4, 0.5) is 0 Å². The fourth-order valence-electron chi connectivity index (χ4n) is 1.65. The predicted octanol–water partition coefficient (Wildman–Crippen LogP) is 1.06. The molecule has 4 nitrogen and oxygen atoms in total. The molecule has 0 spiro atoms. The minimum Gasteiger partial charge on any atom is -0.369 e. The molecule has 1 amide bonds. The highest BCUT2D eigenvalue weighted by Gasteiger charge is 2.17. The summed E-state index contributed by atoms with van der Waals surface area (Å²) in [6.45, 7) is 0.154. The lowest BCUT2D eigenvalue weighted by molar-refractivity contribution is -0.119. The van der Waals surface area contributed by atoms with Crippen molar-refractivity contribution in [3.05, 3.63) is 35.9 Å². The molecule has 2 N–H and O–H groups in total. The molecule has 1 aromatic rings. The van der Waals surface area contributed by atoms with Crippen LogP contribution >= 0.6 is 0 Å². The predicted molar refractivity (Wildman–Crippen MR) is 61.2 cm³/mol. The third kappa shape index (κ3) is 3.37. The van der Waals surface area contributed by atoms with Crippen molar-refractivity contribution in [1.29, 1.82) is 5.26 Å². The molecule has 1 unspecified atom stereocenters. The van der Waals surface area contributed by atoms with E-state index in [-0.39, 0.29) is 18.5 Å². The SMILES string of the molecule is CN(CC(N)=O)C(CC#N)c1ccccc1. The molecule has 4 heteroatoms. The van der Waals surface area contributed by atoms with Crippen molar-refractivity contribution in [2.24, 2.45) is 5.73 Å². The Morgan fingerprint density at radius 1 is 1.50 bits per heavy atom. The highest BCUT2D eigenvalue weighted by atomic mass is 16.1. The first-order valence-electron chi connectivity index (χ1n) is 5.05. The van der Waals surface area contributed by atoms with Crippen molar-refractivity contribution < 1.29 is 4.79 Å². The van der Waals surface area contributed by atoms with E-state index in [0.717, 1.165) is 5.56 Å². The minimum absolute atomic E-state index is 0.0845. The van der Waals surface area contributed by atoms with E-state index >= 15 is 0 Å². The quantitative estimate of drug-likeness (QED) is 0.801. The Labute approximate surface area is 95.3 Å². The Balaban J connectivity index is 2.83. The van der Waals surface area contributed by atoms with E-state index in [2.05, 4.69) is 6.07 Å². The number of amides is 1. The lowest BCUT2D eigenvalue weighted by atomic mass is 10.0. The maximum atomic E-state index is 10.8. The summed E-state index contributed by atoms with van der Waals surface area (Å²) in [6.07, 6.45) is 0.341. The summed E-state index contributed by atoms with van der Waals surface area (Å²) in [4.78, 5) is 12.6. The fourth-order valence-corrected chi connectivity index (χ4v) is 1.65. The molecule has 0 aromatic heterocycles. The molecule has 0 fully saturated rings. The van der Waals surface area contributed by atoms with E-state index in [1.165, 1.54) is 0 Å². The second-order valence-corrected chi connectivity index (χ2v) is 3.67. The molecular formula is C12H15N3O. The molecule has 84 valence electrons. The highest BCUT2D eigenvalue weighted by molar-refractivity contribution is 5.75. The number of nitrogens with two attached hydrogens (primary N) is 1. The third-order valence-corrected chi connectivity index (χ3v) is 2.41. The molecule has 0 radical (unpaired) electrons. The number of likely N-dealkylation sites (N-methyl/N-ethyl adjacent to an activating group) is 1. The number of primary amides is 1. The number of hydrogen-bond acceptors (Lipinski definition) is 3. The standard InChI is InChI=1S/C12H15N3O/c1-15(9-12(14)16)11(7-8-13)10-5-3-2-4-6-10/h2-6,11H,7,9H2,1H3,(H2,14,16). The first kappa shape index (κ1) is 12.2. The molecule has 1 atom stereocenters. The maximum absolute atomic E-state index is 10.8. The van der Waals surface area contributed by atoms with Gasteiger partial charge in [-0.15, -0.1) is 0 Å². The molecule has 0 heterocycles.